The van der Waals surface area contributed by atoms with Crippen molar-refractivity contribution in [1.29, 1.82) is 5.26 Å². The lowest BCUT2D eigenvalue weighted by Gasteiger charge is -2.22. The topological polar surface area (TPSA) is 82.0 Å². The van der Waals surface area contributed by atoms with Gasteiger partial charge >= 0.3 is 0 Å². The van der Waals surface area contributed by atoms with E-state index in [9.17, 15) is 8.42 Å². The van der Waals surface area contributed by atoms with Crippen molar-refractivity contribution in [2.45, 2.75) is 24.2 Å². The van der Waals surface area contributed by atoms with Crippen molar-refractivity contribution >= 4 is 34.0 Å². The Morgan fingerprint density at radius 2 is 2.23 bits per heavy atom. The molecule has 5 nitrogen and oxygen atoms in total. The Morgan fingerprint density at radius 1 is 1.45 bits per heavy atom. The number of nitrogens with one attached hydrogen (secondary N) is 2. The molecule has 2 rings (SSSR count). The fourth-order valence-electron chi connectivity index (χ4n) is 2.40. The zero-order valence-corrected chi connectivity index (χ0v) is 14.4. The maximum atomic E-state index is 12.2. The minimum Gasteiger partial charge on any atom is -0.316 e. The normalized spacial score (nSPS) is 18.3. The minimum atomic E-state index is -3.57. The van der Waals surface area contributed by atoms with E-state index in [1.165, 1.54) is 18.2 Å². The van der Waals surface area contributed by atoms with E-state index in [1.807, 2.05) is 6.07 Å². The van der Waals surface area contributed by atoms with Crippen molar-refractivity contribution in [3.63, 3.8) is 0 Å². The van der Waals surface area contributed by atoms with Gasteiger partial charge in [0.1, 0.15) is 6.07 Å². The molecule has 1 aliphatic heterocycles. The molecule has 1 fully saturated rings. The molecule has 2 N–H and O–H groups in total. The minimum absolute atomic E-state index is 0. The van der Waals surface area contributed by atoms with E-state index in [0.29, 0.717) is 12.5 Å². The van der Waals surface area contributed by atoms with Crippen molar-refractivity contribution in [3.05, 3.63) is 28.8 Å². The SMILES string of the molecule is Cl.N#Cc1ccc(S(=O)(=O)NCCC2CCCNC2)cc1Cl. The summed E-state index contributed by atoms with van der Waals surface area (Å²) in [6.45, 7) is 2.41. The van der Waals surface area contributed by atoms with Crippen LogP contribution in [0.3, 0.4) is 0 Å². The van der Waals surface area contributed by atoms with Gasteiger partial charge in [0.15, 0.2) is 0 Å². The second-order valence-corrected chi connectivity index (χ2v) is 7.33. The van der Waals surface area contributed by atoms with Crippen LogP contribution in [-0.2, 0) is 10.0 Å². The molecule has 1 heterocycles. The molecule has 1 unspecified atom stereocenters. The van der Waals surface area contributed by atoms with Crippen LogP contribution in [0, 0.1) is 17.2 Å². The van der Waals surface area contributed by atoms with Gasteiger partial charge in [0, 0.05) is 6.54 Å². The summed E-state index contributed by atoms with van der Waals surface area (Å²) in [5.74, 6) is 0.519. The second-order valence-electron chi connectivity index (χ2n) is 5.15. The quantitative estimate of drug-likeness (QED) is 0.840. The summed E-state index contributed by atoms with van der Waals surface area (Å²) in [5, 5.41) is 12.3. The number of hydrogen-bond acceptors (Lipinski definition) is 4. The van der Waals surface area contributed by atoms with Gasteiger partial charge in [-0.1, -0.05) is 11.6 Å². The average Bonchev–Trinajstić information content (AvgIpc) is 2.48. The lowest BCUT2D eigenvalue weighted by molar-refractivity contribution is 0.358. The maximum Gasteiger partial charge on any atom is 0.240 e. The van der Waals surface area contributed by atoms with Gasteiger partial charge in [-0.15, -0.1) is 12.4 Å². The zero-order valence-electron chi connectivity index (χ0n) is 12.0. The van der Waals surface area contributed by atoms with Crippen LogP contribution in [0.1, 0.15) is 24.8 Å². The Bertz CT molecular complexity index is 638. The Hall–Kier alpha value is -0.840. The molecule has 1 aromatic carbocycles. The highest BCUT2D eigenvalue weighted by Gasteiger charge is 2.17. The first kappa shape index (κ1) is 19.2. The Balaban J connectivity index is 0.00000242. The van der Waals surface area contributed by atoms with Crippen LogP contribution in [0.15, 0.2) is 23.1 Å². The van der Waals surface area contributed by atoms with E-state index in [0.717, 1.165) is 32.4 Å². The number of benzene rings is 1. The molecule has 0 aromatic heterocycles. The fourth-order valence-corrected chi connectivity index (χ4v) is 3.77. The summed E-state index contributed by atoms with van der Waals surface area (Å²) < 4.78 is 26.9. The van der Waals surface area contributed by atoms with Crippen LogP contribution in [0.5, 0.6) is 0 Å². The third-order valence-corrected chi connectivity index (χ3v) is 5.39. The first-order valence-electron chi connectivity index (χ1n) is 6.93. The van der Waals surface area contributed by atoms with Crippen molar-refractivity contribution in [2.24, 2.45) is 5.92 Å². The lowest BCUT2D eigenvalue weighted by atomic mass is 9.96. The number of hydrogen-bond donors (Lipinski definition) is 2. The second kappa shape index (κ2) is 8.70. The highest BCUT2D eigenvalue weighted by molar-refractivity contribution is 7.89. The molecule has 0 amide bonds. The highest BCUT2D eigenvalue weighted by Crippen LogP contribution is 2.20. The first-order valence-corrected chi connectivity index (χ1v) is 8.79. The van der Waals surface area contributed by atoms with E-state index in [-0.39, 0.29) is 27.9 Å². The molecule has 8 heteroatoms. The van der Waals surface area contributed by atoms with Crippen LogP contribution in [-0.4, -0.2) is 28.1 Å². The molecule has 1 saturated heterocycles. The van der Waals surface area contributed by atoms with Crippen molar-refractivity contribution in [2.75, 3.05) is 19.6 Å². The van der Waals surface area contributed by atoms with E-state index in [4.69, 9.17) is 16.9 Å². The smallest absolute Gasteiger partial charge is 0.240 e. The van der Waals surface area contributed by atoms with Gasteiger partial charge in [-0.3, -0.25) is 0 Å². The monoisotopic (exact) mass is 363 g/mol. The number of rotatable bonds is 5. The summed E-state index contributed by atoms with van der Waals surface area (Å²) in [4.78, 5) is 0.0910. The van der Waals surface area contributed by atoms with Gasteiger partial charge < -0.3 is 5.32 Å². The summed E-state index contributed by atoms with van der Waals surface area (Å²) in [5.41, 5.74) is 0.267. The van der Waals surface area contributed by atoms with Gasteiger partial charge in [0.05, 0.1) is 15.5 Å². The average molecular weight is 364 g/mol. The number of halogens is 2. The van der Waals surface area contributed by atoms with E-state index >= 15 is 0 Å². The number of piperidine rings is 1. The largest absolute Gasteiger partial charge is 0.316 e. The maximum absolute atomic E-state index is 12.2. The van der Waals surface area contributed by atoms with E-state index < -0.39 is 10.0 Å². The van der Waals surface area contributed by atoms with Crippen molar-refractivity contribution in [1.82, 2.24) is 10.0 Å². The van der Waals surface area contributed by atoms with Crippen LogP contribution in [0.4, 0.5) is 0 Å². The summed E-state index contributed by atoms with van der Waals surface area (Å²) in [6, 6.07) is 6.03. The Kier molecular flexibility index (Phi) is 7.60. The Morgan fingerprint density at radius 3 is 2.82 bits per heavy atom. The van der Waals surface area contributed by atoms with Gasteiger partial charge in [-0.05, 0) is 56.5 Å². The van der Waals surface area contributed by atoms with Gasteiger partial charge in [0.25, 0.3) is 0 Å². The van der Waals surface area contributed by atoms with Crippen molar-refractivity contribution in [3.8, 4) is 6.07 Å². The number of nitrogens with zero attached hydrogens (tertiary/aromatic N) is 1. The third kappa shape index (κ3) is 5.11. The number of sulfonamides is 1. The molecular weight excluding hydrogens is 345 g/mol. The molecule has 0 saturated carbocycles. The molecule has 0 bridgehead atoms. The lowest BCUT2D eigenvalue weighted by Crippen LogP contribution is -2.33. The fraction of sp³-hybridized carbons (Fsp3) is 0.500. The molecule has 0 spiro atoms. The molecule has 0 radical (unpaired) electrons. The Labute approximate surface area is 142 Å². The predicted octanol–water partition coefficient (Wildman–Crippen LogP) is 2.30. The summed E-state index contributed by atoms with van der Waals surface area (Å²) in [6.07, 6.45) is 3.09. The van der Waals surface area contributed by atoms with Crippen LogP contribution in [0.2, 0.25) is 5.02 Å². The van der Waals surface area contributed by atoms with Gasteiger partial charge in [0.2, 0.25) is 10.0 Å². The summed E-state index contributed by atoms with van der Waals surface area (Å²) in [7, 11) is -3.57. The van der Waals surface area contributed by atoms with Gasteiger partial charge in [-0.25, -0.2) is 13.1 Å². The van der Waals surface area contributed by atoms with E-state index in [1.54, 1.807) is 0 Å². The molecule has 1 aromatic rings. The van der Waals surface area contributed by atoms with Crippen LogP contribution >= 0.6 is 24.0 Å². The third-order valence-electron chi connectivity index (χ3n) is 3.61. The molecular formula is C14H19Cl2N3O2S. The zero-order chi connectivity index (χ0) is 15.3. The molecule has 122 valence electrons. The summed E-state index contributed by atoms with van der Waals surface area (Å²) >= 11 is 5.87. The standard InChI is InChI=1S/C14H18ClN3O2S.ClH/c15-14-8-13(4-3-12(14)9-16)21(19,20)18-7-5-11-2-1-6-17-10-11;/h3-4,8,11,17-18H,1-2,5-7,10H2;1H. The molecule has 1 aliphatic rings. The molecule has 1 atom stereocenters. The van der Waals surface area contributed by atoms with Gasteiger partial charge in [-0.2, -0.15) is 5.26 Å². The molecule has 22 heavy (non-hydrogen) atoms. The first-order chi connectivity index (χ1) is 10.0. The molecule has 0 aliphatic carbocycles. The van der Waals surface area contributed by atoms with Crippen LogP contribution < -0.4 is 10.0 Å². The number of nitriles is 1. The predicted molar refractivity (Wildman–Crippen MR) is 88.8 cm³/mol. The van der Waals surface area contributed by atoms with Crippen molar-refractivity contribution < 1.29 is 8.42 Å². The van der Waals surface area contributed by atoms with E-state index in [2.05, 4.69) is 10.0 Å². The highest BCUT2D eigenvalue weighted by atomic mass is 35.5. The van der Waals surface area contributed by atoms with Crippen LogP contribution in [0.25, 0.3) is 0 Å².